The lowest BCUT2D eigenvalue weighted by Gasteiger charge is -2.14. The molecular formula is C17H15ClFN3O4. The second kappa shape index (κ2) is 8.30. The molecule has 0 aliphatic carbocycles. The van der Waals surface area contributed by atoms with Crippen molar-refractivity contribution in [3.05, 3.63) is 58.9 Å². The number of ether oxygens (including phenoxy) is 1. The molecule has 136 valence electrons. The maximum absolute atomic E-state index is 13.1. The Morgan fingerprint density at radius 2 is 1.81 bits per heavy atom. The predicted octanol–water partition coefficient (Wildman–Crippen LogP) is 3.15. The van der Waals surface area contributed by atoms with Gasteiger partial charge >= 0.3 is 12.0 Å². The zero-order valence-corrected chi connectivity index (χ0v) is 14.3. The number of benzene rings is 2. The number of anilines is 2. The molecule has 0 aliphatic rings. The second-order valence-electron chi connectivity index (χ2n) is 5.24. The number of rotatable bonds is 5. The van der Waals surface area contributed by atoms with E-state index in [1.807, 2.05) is 0 Å². The SMILES string of the molecule is C[C@H](OC(=O)c1cccc(NC(N)=O)c1)C(=O)Nc1ccc(F)c(Cl)c1. The summed E-state index contributed by atoms with van der Waals surface area (Å²) >= 11 is 5.64. The predicted molar refractivity (Wildman–Crippen MR) is 94.6 cm³/mol. The molecule has 2 aromatic rings. The van der Waals surface area contributed by atoms with Gasteiger partial charge in [-0.15, -0.1) is 0 Å². The Morgan fingerprint density at radius 1 is 1.12 bits per heavy atom. The lowest BCUT2D eigenvalue weighted by atomic mass is 10.2. The summed E-state index contributed by atoms with van der Waals surface area (Å²) in [5.74, 6) is -2.00. The zero-order chi connectivity index (χ0) is 19.3. The lowest BCUT2D eigenvalue weighted by molar-refractivity contribution is -0.123. The van der Waals surface area contributed by atoms with Crippen molar-refractivity contribution >= 4 is 40.9 Å². The number of halogens is 2. The minimum Gasteiger partial charge on any atom is -0.449 e. The van der Waals surface area contributed by atoms with E-state index in [0.717, 1.165) is 6.07 Å². The smallest absolute Gasteiger partial charge is 0.338 e. The maximum Gasteiger partial charge on any atom is 0.338 e. The Balaban J connectivity index is 2.00. The standard InChI is InChI=1S/C17H15ClFN3O4/c1-9(15(23)21-12-5-6-14(19)13(18)8-12)26-16(24)10-3-2-4-11(7-10)22-17(20)25/h2-9H,1H3,(H,21,23)(H3,20,22,25)/t9-/m0/s1. The quantitative estimate of drug-likeness (QED) is 0.693. The number of nitrogens with two attached hydrogens (primary N) is 1. The van der Waals surface area contributed by atoms with Crippen LogP contribution in [0.25, 0.3) is 0 Å². The van der Waals surface area contributed by atoms with Crippen LogP contribution >= 0.6 is 11.6 Å². The summed E-state index contributed by atoms with van der Waals surface area (Å²) in [6, 6.07) is 8.77. The van der Waals surface area contributed by atoms with Gasteiger partial charge in [0.25, 0.3) is 5.91 Å². The second-order valence-corrected chi connectivity index (χ2v) is 5.64. The average Bonchev–Trinajstić information content (AvgIpc) is 2.57. The molecule has 0 aromatic heterocycles. The first-order chi connectivity index (χ1) is 12.3. The molecule has 0 fully saturated rings. The number of carbonyl (C=O) groups is 3. The van der Waals surface area contributed by atoms with Gasteiger partial charge in [0.2, 0.25) is 0 Å². The van der Waals surface area contributed by atoms with E-state index in [4.69, 9.17) is 22.1 Å². The number of primary amides is 1. The maximum atomic E-state index is 13.1. The lowest BCUT2D eigenvalue weighted by Crippen LogP contribution is -2.30. The highest BCUT2D eigenvalue weighted by Crippen LogP contribution is 2.20. The highest BCUT2D eigenvalue weighted by atomic mass is 35.5. The molecule has 0 heterocycles. The van der Waals surface area contributed by atoms with Gasteiger partial charge in [0.1, 0.15) is 5.82 Å². The highest BCUT2D eigenvalue weighted by Gasteiger charge is 2.19. The van der Waals surface area contributed by atoms with Gasteiger partial charge in [-0.3, -0.25) is 4.79 Å². The van der Waals surface area contributed by atoms with Crippen LogP contribution in [0.3, 0.4) is 0 Å². The number of urea groups is 1. The van der Waals surface area contributed by atoms with E-state index < -0.39 is 29.8 Å². The Bertz CT molecular complexity index is 860. The largest absolute Gasteiger partial charge is 0.449 e. The van der Waals surface area contributed by atoms with Crippen molar-refractivity contribution in [3.8, 4) is 0 Å². The molecule has 0 saturated carbocycles. The normalized spacial score (nSPS) is 11.3. The number of amides is 3. The molecule has 1 atom stereocenters. The van der Waals surface area contributed by atoms with Crippen molar-refractivity contribution < 1.29 is 23.5 Å². The van der Waals surface area contributed by atoms with E-state index in [1.165, 1.54) is 43.3 Å². The first-order valence-electron chi connectivity index (χ1n) is 7.39. The van der Waals surface area contributed by atoms with Gasteiger partial charge < -0.3 is 21.1 Å². The van der Waals surface area contributed by atoms with Crippen molar-refractivity contribution in [1.29, 1.82) is 0 Å². The highest BCUT2D eigenvalue weighted by molar-refractivity contribution is 6.31. The van der Waals surface area contributed by atoms with E-state index in [9.17, 15) is 18.8 Å². The van der Waals surface area contributed by atoms with Crippen LogP contribution in [0.5, 0.6) is 0 Å². The molecule has 26 heavy (non-hydrogen) atoms. The molecular weight excluding hydrogens is 365 g/mol. The molecule has 0 unspecified atom stereocenters. The van der Waals surface area contributed by atoms with E-state index in [1.54, 1.807) is 0 Å². The third-order valence-corrected chi connectivity index (χ3v) is 3.50. The average molecular weight is 380 g/mol. The fourth-order valence-electron chi connectivity index (χ4n) is 1.97. The number of esters is 1. The van der Waals surface area contributed by atoms with E-state index in [0.29, 0.717) is 5.69 Å². The van der Waals surface area contributed by atoms with Crippen LogP contribution in [0.4, 0.5) is 20.6 Å². The summed E-state index contributed by atoms with van der Waals surface area (Å²) in [7, 11) is 0. The molecule has 0 bridgehead atoms. The van der Waals surface area contributed by atoms with E-state index in [-0.39, 0.29) is 16.3 Å². The summed E-state index contributed by atoms with van der Waals surface area (Å²) in [5.41, 5.74) is 5.71. The molecule has 2 aromatic carbocycles. The minimum absolute atomic E-state index is 0.126. The summed E-state index contributed by atoms with van der Waals surface area (Å²) in [6.07, 6.45) is -1.13. The first kappa shape index (κ1) is 19.2. The molecule has 9 heteroatoms. The molecule has 0 saturated heterocycles. The minimum atomic E-state index is -1.13. The molecule has 3 amide bonds. The number of hydrogen-bond donors (Lipinski definition) is 3. The van der Waals surface area contributed by atoms with Crippen molar-refractivity contribution in [2.24, 2.45) is 5.73 Å². The fraction of sp³-hybridized carbons (Fsp3) is 0.118. The number of nitrogens with one attached hydrogen (secondary N) is 2. The summed E-state index contributed by atoms with van der Waals surface area (Å²) in [5, 5.41) is 4.64. The Hall–Kier alpha value is -3.13. The number of hydrogen-bond acceptors (Lipinski definition) is 4. The zero-order valence-electron chi connectivity index (χ0n) is 13.6. The monoisotopic (exact) mass is 379 g/mol. The Kier molecular flexibility index (Phi) is 6.13. The van der Waals surface area contributed by atoms with Gasteiger partial charge in [0.15, 0.2) is 6.10 Å². The third-order valence-electron chi connectivity index (χ3n) is 3.21. The molecule has 4 N–H and O–H groups in total. The van der Waals surface area contributed by atoms with Crippen LogP contribution in [0.1, 0.15) is 17.3 Å². The van der Waals surface area contributed by atoms with Crippen molar-refractivity contribution in [2.75, 3.05) is 10.6 Å². The van der Waals surface area contributed by atoms with Crippen LogP contribution in [-0.4, -0.2) is 24.0 Å². The molecule has 2 rings (SSSR count). The van der Waals surface area contributed by atoms with Crippen LogP contribution < -0.4 is 16.4 Å². The van der Waals surface area contributed by atoms with Crippen molar-refractivity contribution in [1.82, 2.24) is 0 Å². The van der Waals surface area contributed by atoms with Crippen LogP contribution in [0.2, 0.25) is 5.02 Å². The van der Waals surface area contributed by atoms with Gasteiger partial charge in [-0.1, -0.05) is 17.7 Å². The number of carbonyl (C=O) groups excluding carboxylic acids is 3. The van der Waals surface area contributed by atoms with Gasteiger partial charge in [-0.25, -0.2) is 14.0 Å². The first-order valence-corrected chi connectivity index (χ1v) is 7.77. The summed E-state index contributed by atoms with van der Waals surface area (Å²) in [4.78, 5) is 35.1. The van der Waals surface area contributed by atoms with Crippen LogP contribution in [0.15, 0.2) is 42.5 Å². The molecule has 0 aliphatic heterocycles. The van der Waals surface area contributed by atoms with Gasteiger partial charge in [-0.05, 0) is 43.3 Å². The third kappa shape index (κ3) is 5.18. The Labute approximate surface area is 153 Å². The van der Waals surface area contributed by atoms with E-state index in [2.05, 4.69) is 10.6 Å². The van der Waals surface area contributed by atoms with Crippen LogP contribution in [0, 0.1) is 5.82 Å². The molecule has 7 nitrogen and oxygen atoms in total. The summed E-state index contributed by atoms with van der Waals surface area (Å²) in [6.45, 7) is 1.38. The molecule has 0 radical (unpaired) electrons. The summed E-state index contributed by atoms with van der Waals surface area (Å²) < 4.78 is 18.2. The fourth-order valence-corrected chi connectivity index (χ4v) is 2.15. The van der Waals surface area contributed by atoms with Gasteiger partial charge in [0.05, 0.1) is 10.6 Å². The topological polar surface area (TPSA) is 111 Å². The van der Waals surface area contributed by atoms with E-state index >= 15 is 0 Å². The van der Waals surface area contributed by atoms with Crippen LogP contribution in [-0.2, 0) is 9.53 Å². The van der Waals surface area contributed by atoms with Crippen molar-refractivity contribution in [3.63, 3.8) is 0 Å². The van der Waals surface area contributed by atoms with Crippen molar-refractivity contribution in [2.45, 2.75) is 13.0 Å². The van der Waals surface area contributed by atoms with Gasteiger partial charge in [0, 0.05) is 11.4 Å². The molecule has 0 spiro atoms. The Morgan fingerprint density at radius 3 is 2.46 bits per heavy atom. The van der Waals surface area contributed by atoms with Gasteiger partial charge in [-0.2, -0.15) is 0 Å².